The summed E-state index contributed by atoms with van der Waals surface area (Å²) in [6.45, 7) is 2.05. The predicted octanol–water partition coefficient (Wildman–Crippen LogP) is 1.74. The molecule has 0 bridgehead atoms. The number of para-hydroxylation sites is 1. The lowest BCUT2D eigenvalue weighted by Crippen LogP contribution is -2.43. The van der Waals surface area contributed by atoms with Gasteiger partial charge in [-0.05, 0) is 36.8 Å². The van der Waals surface area contributed by atoms with E-state index in [1.165, 1.54) is 19.2 Å². The molecule has 0 radical (unpaired) electrons. The van der Waals surface area contributed by atoms with Crippen LogP contribution in [0.3, 0.4) is 0 Å². The van der Waals surface area contributed by atoms with Crippen LogP contribution in [-0.4, -0.2) is 53.9 Å². The minimum Gasteiger partial charge on any atom is -0.496 e. The SMILES string of the molecule is COc1ccc(S(=O)(=O)[C@H]2CS(=O)(=O)C[C@@H]2NCc2ccccc2OC)cc1C. The van der Waals surface area contributed by atoms with Crippen molar-refractivity contribution in [2.24, 2.45) is 0 Å². The van der Waals surface area contributed by atoms with Crippen molar-refractivity contribution in [1.29, 1.82) is 0 Å². The molecule has 1 N–H and O–H groups in total. The van der Waals surface area contributed by atoms with Gasteiger partial charge >= 0.3 is 0 Å². The summed E-state index contributed by atoms with van der Waals surface area (Å²) in [5, 5.41) is 2.07. The van der Waals surface area contributed by atoms with E-state index in [1.807, 2.05) is 18.2 Å². The summed E-state index contributed by atoms with van der Waals surface area (Å²) in [6.07, 6.45) is 0. The monoisotopic (exact) mass is 439 g/mol. The Bertz CT molecular complexity index is 1100. The molecular formula is C20H25NO6S2. The maximum atomic E-state index is 13.2. The Balaban J connectivity index is 1.88. The molecule has 2 aromatic rings. The molecule has 1 saturated heterocycles. The third-order valence-corrected chi connectivity index (χ3v) is 9.29. The van der Waals surface area contributed by atoms with Crippen LogP contribution >= 0.6 is 0 Å². The first-order chi connectivity index (χ1) is 13.7. The van der Waals surface area contributed by atoms with Gasteiger partial charge in [-0.2, -0.15) is 0 Å². The summed E-state index contributed by atoms with van der Waals surface area (Å²) in [5.74, 6) is 0.616. The third kappa shape index (κ3) is 4.57. The van der Waals surface area contributed by atoms with Crippen molar-refractivity contribution in [2.45, 2.75) is 29.7 Å². The highest BCUT2D eigenvalue weighted by molar-refractivity contribution is 7.96. The van der Waals surface area contributed by atoms with Gasteiger partial charge in [0.15, 0.2) is 19.7 Å². The van der Waals surface area contributed by atoms with Gasteiger partial charge in [-0.1, -0.05) is 18.2 Å². The van der Waals surface area contributed by atoms with E-state index >= 15 is 0 Å². The average Bonchev–Trinajstić information content (AvgIpc) is 3.01. The fraction of sp³-hybridized carbons (Fsp3) is 0.400. The van der Waals surface area contributed by atoms with Crippen LogP contribution < -0.4 is 14.8 Å². The third-order valence-electron chi connectivity index (χ3n) is 5.14. The highest BCUT2D eigenvalue weighted by Gasteiger charge is 2.45. The molecule has 2 atom stereocenters. The van der Waals surface area contributed by atoms with Crippen LogP contribution in [0.4, 0.5) is 0 Å². The number of hydrogen-bond donors (Lipinski definition) is 1. The zero-order valence-electron chi connectivity index (χ0n) is 16.6. The Morgan fingerprint density at radius 1 is 1.03 bits per heavy atom. The van der Waals surface area contributed by atoms with E-state index in [0.717, 1.165) is 5.56 Å². The summed E-state index contributed by atoms with van der Waals surface area (Å²) < 4.78 is 61.6. The van der Waals surface area contributed by atoms with E-state index in [1.54, 1.807) is 26.2 Å². The molecule has 0 spiro atoms. The fourth-order valence-corrected chi connectivity index (χ4v) is 8.40. The normalized spacial score (nSPS) is 21.1. The Hall–Kier alpha value is -2.10. The molecule has 158 valence electrons. The van der Waals surface area contributed by atoms with Gasteiger partial charge < -0.3 is 14.8 Å². The van der Waals surface area contributed by atoms with E-state index < -0.39 is 36.7 Å². The van der Waals surface area contributed by atoms with Gasteiger partial charge in [-0.25, -0.2) is 16.8 Å². The lowest BCUT2D eigenvalue weighted by atomic mass is 10.1. The topological polar surface area (TPSA) is 98.8 Å². The Morgan fingerprint density at radius 3 is 2.38 bits per heavy atom. The summed E-state index contributed by atoms with van der Waals surface area (Å²) in [4.78, 5) is 0.0991. The molecule has 7 nitrogen and oxygen atoms in total. The van der Waals surface area contributed by atoms with Gasteiger partial charge in [-0.3, -0.25) is 0 Å². The lowest BCUT2D eigenvalue weighted by Gasteiger charge is -2.21. The van der Waals surface area contributed by atoms with Crippen molar-refractivity contribution in [3.63, 3.8) is 0 Å². The fourth-order valence-electron chi connectivity index (χ4n) is 3.60. The molecule has 0 aliphatic carbocycles. The molecule has 0 saturated carbocycles. The van der Waals surface area contributed by atoms with Crippen LogP contribution in [0, 0.1) is 6.92 Å². The van der Waals surface area contributed by atoms with Gasteiger partial charge in [-0.15, -0.1) is 0 Å². The van der Waals surface area contributed by atoms with Gasteiger partial charge in [0.25, 0.3) is 0 Å². The molecule has 0 amide bonds. The number of sulfone groups is 2. The van der Waals surface area contributed by atoms with Crippen molar-refractivity contribution >= 4 is 19.7 Å². The van der Waals surface area contributed by atoms with Crippen molar-refractivity contribution in [1.82, 2.24) is 5.32 Å². The van der Waals surface area contributed by atoms with E-state index in [-0.39, 0.29) is 10.6 Å². The highest BCUT2D eigenvalue weighted by atomic mass is 32.2. The van der Waals surface area contributed by atoms with E-state index in [9.17, 15) is 16.8 Å². The van der Waals surface area contributed by atoms with Crippen LogP contribution in [0.1, 0.15) is 11.1 Å². The molecule has 1 fully saturated rings. The molecule has 0 aromatic heterocycles. The first-order valence-corrected chi connectivity index (χ1v) is 12.5. The Kier molecular flexibility index (Phi) is 6.21. The molecular weight excluding hydrogens is 414 g/mol. The summed E-state index contributed by atoms with van der Waals surface area (Å²) >= 11 is 0. The van der Waals surface area contributed by atoms with Gasteiger partial charge in [0.2, 0.25) is 0 Å². The predicted molar refractivity (Wildman–Crippen MR) is 111 cm³/mol. The number of aryl methyl sites for hydroxylation is 1. The van der Waals surface area contributed by atoms with Crippen LogP contribution in [0.5, 0.6) is 11.5 Å². The number of ether oxygens (including phenoxy) is 2. The molecule has 9 heteroatoms. The van der Waals surface area contributed by atoms with Gasteiger partial charge in [0.1, 0.15) is 11.5 Å². The lowest BCUT2D eigenvalue weighted by molar-refractivity contribution is 0.406. The summed E-state index contributed by atoms with van der Waals surface area (Å²) in [5.41, 5.74) is 1.50. The molecule has 0 unspecified atom stereocenters. The van der Waals surface area contributed by atoms with Crippen molar-refractivity contribution < 1.29 is 26.3 Å². The number of methoxy groups -OCH3 is 2. The van der Waals surface area contributed by atoms with Crippen LogP contribution in [0.2, 0.25) is 0 Å². The summed E-state index contributed by atoms with van der Waals surface area (Å²) in [6, 6.07) is 11.2. The van der Waals surface area contributed by atoms with Crippen LogP contribution in [0.15, 0.2) is 47.4 Å². The first-order valence-electron chi connectivity index (χ1n) is 9.12. The number of rotatable bonds is 7. The van der Waals surface area contributed by atoms with Crippen molar-refractivity contribution in [3.05, 3.63) is 53.6 Å². The molecule has 2 aromatic carbocycles. The smallest absolute Gasteiger partial charge is 0.183 e. The van der Waals surface area contributed by atoms with E-state index in [2.05, 4.69) is 5.32 Å². The number of hydrogen-bond acceptors (Lipinski definition) is 7. The number of nitrogens with one attached hydrogen (secondary N) is 1. The second kappa shape index (κ2) is 8.33. The standard InChI is InChI=1S/C20H25NO6S2/c1-14-10-16(8-9-18(14)26-2)29(24,25)20-13-28(22,23)12-17(20)21-11-15-6-4-5-7-19(15)27-3/h4-10,17,20-21H,11-13H2,1-3H3/t17-,20-/m0/s1. The zero-order chi connectivity index (χ0) is 21.2. The largest absolute Gasteiger partial charge is 0.496 e. The van der Waals surface area contributed by atoms with Gasteiger partial charge in [0, 0.05) is 18.2 Å². The Morgan fingerprint density at radius 2 is 1.72 bits per heavy atom. The highest BCUT2D eigenvalue weighted by Crippen LogP contribution is 2.29. The zero-order valence-corrected chi connectivity index (χ0v) is 18.2. The van der Waals surface area contributed by atoms with Crippen LogP contribution in [-0.2, 0) is 26.2 Å². The Labute approximate surface area is 171 Å². The minimum absolute atomic E-state index is 0.0991. The second-order valence-corrected chi connectivity index (χ2v) is 11.4. The second-order valence-electron chi connectivity index (χ2n) is 7.09. The molecule has 1 aliphatic rings. The average molecular weight is 440 g/mol. The minimum atomic E-state index is -3.85. The van der Waals surface area contributed by atoms with Crippen molar-refractivity contribution in [3.8, 4) is 11.5 Å². The molecule has 1 aliphatic heterocycles. The quantitative estimate of drug-likeness (QED) is 0.702. The summed E-state index contributed by atoms with van der Waals surface area (Å²) in [7, 11) is -4.27. The maximum Gasteiger partial charge on any atom is 0.183 e. The van der Waals surface area contributed by atoms with Crippen LogP contribution in [0.25, 0.3) is 0 Å². The molecule has 1 heterocycles. The number of benzene rings is 2. The van der Waals surface area contributed by atoms with E-state index in [0.29, 0.717) is 23.6 Å². The van der Waals surface area contributed by atoms with E-state index in [4.69, 9.17) is 9.47 Å². The molecule has 3 rings (SSSR count). The molecule has 29 heavy (non-hydrogen) atoms. The van der Waals surface area contributed by atoms with Crippen molar-refractivity contribution in [2.75, 3.05) is 25.7 Å². The van der Waals surface area contributed by atoms with Gasteiger partial charge in [0.05, 0.1) is 35.9 Å². The maximum absolute atomic E-state index is 13.2. The first kappa shape index (κ1) is 21.6.